The zero-order valence-corrected chi connectivity index (χ0v) is 10.1. The van der Waals surface area contributed by atoms with Gasteiger partial charge in [-0.2, -0.15) is 0 Å². The Hall–Kier alpha value is -0.350. The number of carbonyl (C=O) groups is 1. The number of rotatable bonds is 3. The lowest BCUT2D eigenvalue weighted by Gasteiger charge is -2.03. The maximum Gasteiger partial charge on any atom is 0.225 e. The van der Waals surface area contributed by atoms with Crippen LogP contribution in [0.1, 0.15) is 6.42 Å². The first-order valence-corrected chi connectivity index (χ1v) is 5.75. The fraction of sp³-hybridized carbons (Fsp3) is 0.222. The highest BCUT2D eigenvalue weighted by Gasteiger charge is 1.99. The molecule has 1 aromatic carbocycles. The van der Waals surface area contributed by atoms with Gasteiger partial charge >= 0.3 is 0 Å². The van der Waals surface area contributed by atoms with E-state index in [-0.39, 0.29) is 5.91 Å². The van der Waals surface area contributed by atoms with Crippen LogP contribution >= 0.6 is 31.9 Å². The molecule has 0 saturated heterocycles. The second kappa shape index (κ2) is 5.40. The van der Waals surface area contributed by atoms with E-state index in [0.29, 0.717) is 11.8 Å². The summed E-state index contributed by atoms with van der Waals surface area (Å²) < 4.78 is 1.01. The molecule has 70 valence electrons. The molecule has 1 N–H and O–H groups in total. The molecule has 0 heterocycles. The van der Waals surface area contributed by atoms with Gasteiger partial charge in [0.05, 0.1) is 0 Å². The smallest absolute Gasteiger partial charge is 0.225 e. The predicted octanol–water partition coefficient (Wildman–Crippen LogP) is 3.17. The maximum absolute atomic E-state index is 11.1. The predicted molar refractivity (Wildman–Crippen MR) is 61.2 cm³/mol. The van der Waals surface area contributed by atoms with Gasteiger partial charge in [-0.05, 0) is 24.3 Å². The Labute approximate surface area is 94.0 Å². The van der Waals surface area contributed by atoms with Gasteiger partial charge in [-0.25, -0.2) is 0 Å². The lowest BCUT2D eigenvalue weighted by Crippen LogP contribution is -2.11. The number of halogens is 2. The molecular formula is C9H9Br2NO. The SMILES string of the molecule is O=C(CCBr)Nc1ccc(Br)cc1. The first-order chi connectivity index (χ1) is 6.22. The zero-order chi connectivity index (χ0) is 9.68. The van der Waals surface area contributed by atoms with E-state index in [0.717, 1.165) is 10.2 Å². The number of amides is 1. The van der Waals surface area contributed by atoms with Crippen LogP contribution in [-0.4, -0.2) is 11.2 Å². The van der Waals surface area contributed by atoms with Crippen molar-refractivity contribution in [3.05, 3.63) is 28.7 Å². The first kappa shape index (κ1) is 10.7. The molecule has 0 aliphatic rings. The Bertz CT molecular complexity index is 284. The van der Waals surface area contributed by atoms with Gasteiger partial charge in [0.1, 0.15) is 0 Å². The van der Waals surface area contributed by atoms with E-state index in [1.54, 1.807) is 0 Å². The Morgan fingerprint density at radius 1 is 1.31 bits per heavy atom. The molecule has 1 rings (SSSR count). The molecule has 0 bridgehead atoms. The van der Waals surface area contributed by atoms with Crippen LogP contribution in [0.15, 0.2) is 28.7 Å². The van der Waals surface area contributed by atoms with Crippen LogP contribution in [0.5, 0.6) is 0 Å². The summed E-state index contributed by atoms with van der Waals surface area (Å²) in [6.45, 7) is 0. The summed E-state index contributed by atoms with van der Waals surface area (Å²) in [5.74, 6) is 0.0270. The summed E-state index contributed by atoms with van der Waals surface area (Å²) >= 11 is 6.53. The molecule has 0 spiro atoms. The maximum atomic E-state index is 11.1. The highest BCUT2D eigenvalue weighted by molar-refractivity contribution is 9.10. The number of benzene rings is 1. The first-order valence-electron chi connectivity index (χ1n) is 3.84. The zero-order valence-electron chi connectivity index (χ0n) is 6.89. The van der Waals surface area contributed by atoms with Crippen molar-refractivity contribution in [3.63, 3.8) is 0 Å². The van der Waals surface area contributed by atoms with Gasteiger partial charge in [-0.15, -0.1) is 0 Å². The molecule has 1 aromatic rings. The fourth-order valence-electron chi connectivity index (χ4n) is 0.843. The van der Waals surface area contributed by atoms with Crippen LogP contribution in [-0.2, 0) is 4.79 Å². The van der Waals surface area contributed by atoms with Gasteiger partial charge < -0.3 is 5.32 Å². The lowest BCUT2D eigenvalue weighted by atomic mass is 10.3. The van der Waals surface area contributed by atoms with Crippen LogP contribution in [0.25, 0.3) is 0 Å². The van der Waals surface area contributed by atoms with Crippen LogP contribution in [0.3, 0.4) is 0 Å². The summed E-state index contributed by atoms with van der Waals surface area (Å²) in [4.78, 5) is 11.1. The van der Waals surface area contributed by atoms with Gasteiger partial charge in [0.2, 0.25) is 5.91 Å². The molecule has 0 unspecified atom stereocenters. The molecule has 0 aromatic heterocycles. The minimum absolute atomic E-state index is 0.0270. The highest BCUT2D eigenvalue weighted by atomic mass is 79.9. The van der Waals surface area contributed by atoms with Gasteiger partial charge in [0, 0.05) is 21.9 Å². The standard InChI is InChI=1S/C9H9Br2NO/c10-6-5-9(13)12-8-3-1-7(11)2-4-8/h1-4H,5-6H2,(H,12,13). The molecular weight excluding hydrogens is 298 g/mol. The van der Waals surface area contributed by atoms with Crippen molar-refractivity contribution in [2.24, 2.45) is 0 Å². The third-order valence-electron chi connectivity index (χ3n) is 1.45. The minimum Gasteiger partial charge on any atom is -0.326 e. The van der Waals surface area contributed by atoms with Crippen molar-refractivity contribution in [1.82, 2.24) is 0 Å². The highest BCUT2D eigenvalue weighted by Crippen LogP contribution is 2.14. The second-order valence-electron chi connectivity index (χ2n) is 2.49. The molecule has 0 atom stereocenters. The minimum atomic E-state index is 0.0270. The van der Waals surface area contributed by atoms with E-state index >= 15 is 0 Å². The number of hydrogen-bond donors (Lipinski definition) is 1. The average molecular weight is 307 g/mol. The van der Waals surface area contributed by atoms with E-state index in [1.165, 1.54) is 0 Å². The Kier molecular flexibility index (Phi) is 4.45. The number of anilines is 1. The molecule has 13 heavy (non-hydrogen) atoms. The second-order valence-corrected chi connectivity index (χ2v) is 4.20. The van der Waals surface area contributed by atoms with E-state index in [9.17, 15) is 4.79 Å². The Balaban J connectivity index is 2.54. The third-order valence-corrected chi connectivity index (χ3v) is 2.37. The molecule has 2 nitrogen and oxygen atoms in total. The summed E-state index contributed by atoms with van der Waals surface area (Å²) in [5.41, 5.74) is 0.828. The topological polar surface area (TPSA) is 29.1 Å². The van der Waals surface area contributed by atoms with Crippen molar-refractivity contribution in [3.8, 4) is 0 Å². The van der Waals surface area contributed by atoms with E-state index in [1.807, 2.05) is 24.3 Å². The third kappa shape index (κ3) is 3.91. The molecule has 1 amide bonds. The summed E-state index contributed by atoms with van der Waals surface area (Å²) in [5, 5.41) is 3.47. The molecule has 0 aliphatic heterocycles. The van der Waals surface area contributed by atoms with Crippen molar-refractivity contribution < 1.29 is 4.79 Å². The normalized spacial score (nSPS) is 9.69. The van der Waals surface area contributed by atoms with Crippen molar-refractivity contribution >= 4 is 43.5 Å². The van der Waals surface area contributed by atoms with E-state index < -0.39 is 0 Å². The Morgan fingerprint density at radius 2 is 1.92 bits per heavy atom. The van der Waals surface area contributed by atoms with Crippen molar-refractivity contribution in [2.75, 3.05) is 10.6 Å². The monoisotopic (exact) mass is 305 g/mol. The lowest BCUT2D eigenvalue weighted by molar-refractivity contribution is -0.115. The van der Waals surface area contributed by atoms with Gasteiger partial charge in [-0.1, -0.05) is 31.9 Å². The number of carbonyl (C=O) groups excluding carboxylic acids is 1. The number of nitrogens with one attached hydrogen (secondary N) is 1. The molecule has 0 aliphatic carbocycles. The summed E-state index contributed by atoms with van der Waals surface area (Å²) in [6, 6.07) is 7.50. The molecule has 0 radical (unpaired) electrons. The van der Waals surface area contributed by atoms with Crippen LogP contribution in [0.2, 0.25) is 0 Å². The van der Waals surface area contributed by atoms with Crippen LogP contribution in [0, 0.1) is 0 Å². The van der Waals surface area contributed by atoms with E-state index in [4.69, 9.17) is 0 Å². The van der Waals surface area contributed by atoms with Crippen LogP contribution < -0.4 is 5.32 Å². The molecule has 0 saturated carbocycles. The Morgan fingerprint density at radius 3 is 2.46 bits per heavy atom. The van der Waals surface area contributed by atoms with Crippen molar-refractivity contribution in [1.29, 1.82) is 0 Å². The average Bonchev–Trinajstić information content (AvgIpc) is 2.09. The number of alkyl halides is 1. The van der Waals surface area contributed by atoms with E-state index in [2.05, 4.69) is 37.2 Å². The van der Waals surface area contributed by atoms with Gasteiger partial charge in [-0.3, -0.25) is 4.79 Å². The van der Waals surface area contributed by atoms with Gasteiger partial charge in [0.15, 0.2) is 0 Å². The van der Waals surface area contributed by atoms with Gasteiger partial charge in [0.25, 0.3) is 0 Å². The molecule has 4 heteroatoms. The molecule has 0 fully saturated rings. The fourth-order valence-corrected chi connectivity index (χ4v) is 1.47. The largest absolute Gasteiger partial charge is 0.326 e. The summed E-state index contributed by atoms with van der Waals surface area (Å²) in [6.07, 6.45) is 0.496. The van der Waals surface area contributed by atoms with Crippen LogP contribution in [0.4, 0.5) is 5.69 Å². The quantitative estimate of drug-likeness (QED) is 0.854. The summed E-state index contributed by atoms with van der Waals surface area (Å²) in [7, 11) is 0. The van der Waals surface area contributed by atoms with Crippen molar-refractivity contribution in [2.45, 2.75) is 6.42 Å². The number of hydrogen-bond acceptors (Lipinski definition) is 1.